The second-order valence-corrected chi connectivity index (χ2v) is 8.11. The van der Waals surface area contributed by atoms with Gasteiger partial charge in [0.1, 0.15) is 0 Å². The van der Waals surface area contributed by atoms with Crippen LogP contribution in [-0.2, 0) is 10.3 Å². The van der Waals surface area contributed by atoms with Crippen LogP contribution in [-0.4, -0.2) is 10.3 Å². The van der Waals surface area contributed by atoms with E-state index in [4.69, 9.17) is 46.4 Å². The average molecular weight is 448 g/mol. The molecule has 0 aliphatic rings. The monoisotopic (exact) mass is 446 g/mol. The molecule has 0 aliphatic heterocycles. The lowest BCUT2D eigenvalue weighted by atomic mass is 9.94. The molecule has 0 nitrogen and oxygen atoms in total. The van der Waals surface area contributed by atoms with Crippen LogP contribution in [0, 0.1) is 13.8 Å². The van der Waals surface area contributed by atoms with E-state index < -0.39 is 31.6 Å². The highest BCUT2D eigenvalue weighted by atomic mass is 35.5. The molecular weight excluding hydrogens is 434 g/mol. The maximum atomic E-state index is 15.1. The number of hydrogen-bond acceptors (Lipinski definition) is 0. The van der Waals surface area contributed by atoms with Crippen molar-refractivity contribution in [1.82, 2.24) is 0 Å². The summed E-state index contributed by atoms with van der Waals surface area (Å²) in [7, 11) is 0. The summed E-state index contributed by atoms with van der Waals surface area (Å²) in [5, 5.41) is -16.0. The molecule has 8 heteroatoms. The van der Waals surface area contributed by atoms with Gasteiger partial charge in [-0.3, -0.25) is 0 Å². The molecule has 0 saturated carbocycles. The maximum absolute atomic E-state index is 15.1. The van der Waals surface area contributed by atoms with Crippen LogP contribution in [0.1, 0.15) is 22.3 Å². The highest BCUT2D eigenvalue weighted by Crippen LogP contribution is 2.62. The van der Waals surface area contributed by atoms with Crippen molar-refractivity contribution in [3.8, 4) is 0 Å². The standard InChI is InChI=1S/C18H14Cl4F4/c1-11-3-7-13(8-4-11)15(19,23)17(21,25)18(22,26)16(20,24)14-9-5-12(2)6-10-14/h3-10H,1-2H3. The van der Waals surface area contributed by atoms with Crippen LogP contribution in [0.3, 0.4) is 0 Å². The molecule has 2 aromatic carbocycles. The number of aryl methyl sites for hydroxylation is 2. The summed E-state index contributed by atoms with van der Waals surface area (Å²) in [4.78, 5) is 0. The summed E-state index contributed by atoms with van der Waals surface area (Å²) in [5.41, 5.74) is 0.326. The Labute approximate surface area is 169 Å². The summed E-state index contributed by atoms with van der Waals surface area (Å²) in [6, 6.07) is 9.95. The van der Waals surface area contributed by atoms with E-state index in [9.17, 15) is 0 Å². The Morgan fingerprint density at radius 1 is 0.538 bits per heavy atom. The molecular formula is C18H14Cl4F4. The first-order chi connectivity index (χ1) is 11.7. The van der Waals surface area contributed by atoms with Crippen molar-refractivity contribution in [1.29, 1.82) is 0 Å². The summed E-state index contributed by atoms with van der Waals surface area (Å²) in [6.07, 6.45) is 0. The van der Waals surface area contributed by atoms with E-state index in [2.05, 4.69) is 0 Å². The minimum Gasteiger partial charge on any atom is -0.216 e. The number of rotatable bonds is 5. The molecule has 0 aliphatic carbocycles. The van der Waals surface area contributed by atoms with Crippen LogP contribution in [0.4, 0.5) is 17.6 Å². The Kier molecular flexibility index (Phi) is 5.86. The summed E-state index contributed by atoms with van der Waals surface area (Å²) >= 11 is 22.1. The molecule has 0 amide bonds. The second kappa shape index (κ2) is 7.05. The third-order valence-electron chi connectivity index (χ3n) is 4.01. The van der Waals surface area contributed by atoms with Gasteiger partial charge in [-0.2, -0.15) is 0 Å². The van der Waals surface area contributed by atoms with Crippen LogP contribution in [0.15, 0.2) is 48.5 Å². The molecule has 0 radical (unpaired) electrons. The molecule has 2 rings (SSSR count). The average Bonchev–Trinajstić information content (AvgIpc) is 2.55. The van der Waals surface area contributed by atoms with E-state index in [0.717, 1.165) is 24.3 Å². The fraction of sp³-hybridized carbons (Fsp3) is 0.333. The molecule has 0 aromatic heterocycles. The highest BCUT2D eigenvalue weighted by Gasteiger charge is 2.75. The lowest BCUT2D eigenvalue weighted by molar-refractivity contribution is -0.0614. The minimum absolute atomic E-state index is 0.540. The lowest BCUT2D eigenvalue weighted by Gasteiger charge is -2.41. The largest absolute Gasteiger partial charge is 0.288 e. The quantitative estimate of drug-likeness (QED) is 0.328. The van der Waals surface area contributed by atoms with E-state index >= 15 is 17.6 Å². The first kappa shape index (κ1) is 21.6. The van der Waals surface area contributed by atoms with Gasteiger partial charge in [-0.1, -0.05) is 106 Å². The zero-order chi connectivity index (χ0) is 20.0. The Hall–Kier alpha value is -0.680. The Morgan fingerprint density at radius 3 is 1.00 bits per heavy atom. The number of alkyl halides is 8. The van der Waals surface area contributed by atoms with Crippen molar-refractivity contribution in [3.05, 3.63) is 70.8 Å². The van der Waals surface area contributed by atoms with Crippen LogP contribution in [0.25, 0.3) is 0 Å². The van der Waals surface area contributed by atoms with E-state index in [-0.39, 0.29) is 0 Å². The smallest absolute Gasteiger partial charge is 0.216 e. The van der Waals surface area contributed by atoms with Crippen LogP contribution in [0.2, 0.25) is 0 Å². The van der Waals surface area contributed by atoms with Gasteiger partial charge in [0.05, 0.1) is 0 Å². The van der Waals surface area contributed by atoms with Crippen molar-refractivity contribution in [3.63, 3.8) is 0 Å². The van der Waals surface area contributed by atoms with Gasteiger partial charge in [0, 0.05) is 11.1 Å². The van der Waals surface area contributed by atoms with Gasteiger partial charge in [-0.05, 0) is 13.8 Å². The van der Waals surface area contributed by atoms with Crippen molar-refractivity contribution in [2.75, 3.05) is 0 Å². The van der Waals surface area contributed by atoms with E-state index in [0.29, 0.717) is 11.1 Å². The van der Waals surface area contributed by atoms with Gasteiger partial charge in [0.25, 0.3) is 20.5 Å². The predicted molar refractivity (Wildman–Crippen MR) is 99.0 cm³/mol. The number of benzene rings is 2. The SMILES string of the molecule is Cc1ccc(C(F)(Cl)C(F)(Cl)C(F)(Cl)C(F)(Cl)c2ccc(C)cc2)cc1. The minimum atomic E-state index is -4.26. The Balaban J connectivity index is 2.53. The second-order valence-electron chi connectivity index (χ2n) is 6.03. The number of hydrogen-bond donors (Lipinski definition) is 0. The van der Waals surface area contributed by atoms with E-state index in [1.165, 1.54) is 24.3 Å². The topological polar surface area (TPSA) is 0 Å². The predicted octanol–water partition coefficient (Wildman–Crippen LogP) is 7.54. The summed E-state index contributed by atoms with van der Waals surface area (Å²) in [5.74, 6) is 0. The lowest BCUT2D eigenvalue weighted by Crippen LogP contribution is -2.57. The molecule has 0 bridgehead atoms. The molecule has 26 heavy (non-hydrogen) atoms. The molecule has 0 fully saturated rings. The van der Waals surface area contributed by atoms with Crippen LogP contribution < -0.4 is 0 Å². The zero-order valence-electron chi connectivity index (χ0n) is 13.6. The van der Waals surface area contributed by atoms with Gasteiger partial charge in [-0.15, -0.1) is 0 Å². The highest BCUT2D eigenvalue weighted by molar-refractivity contribution is 6.42. The molecule has 0 N–H and O–H groups in total. The first-order valence-electron chi connectivity index (χ1n) is 7.40. The van der Waals surface area contributed by atoms with Crippen molar-refractivity contribution in [2.24, 2.45) is 0 Å². The van der Waals surface area contributed by atoms with Gasteiger partial charge in [-0.25, -0.2) is 17.6 Å². The number of halogens is 8. The van der Waals surface area contributed by atoms with Gasteiger partial charge >= 0.3 is 0 Å². The molecule has 0 spiro atoms. The van der Waals surface area contributed by atoms with Crippen molar-refractivity contribution >= 4 is 46.4 Å². The fourth-order valence-corrected chi connectivity index (χ4v) is 3.37. The zero-order valence-corrected chi connectivity index (χ0v) is 16.7. The molecule has 0 heterocycles. The molecule has 0 saturated heterocycles. The maximum Gasteiger partial charge on any atom is 0.288 e. The normalized spacial score (nSPS) is 21.2. The Morgan fingerprint density at radius 2 is 0.769 bits per heavy atom. The third-order valence-corrected chi connectivity index (χ3v) is 6.30. The fourth-order valence-electron chi connectivity index (χ4n) is 2.28. The van der Waals surface area contributed by atoms with Gasteiger partial charge in [0.2, 0.25) is 0 Å². The van der Waals surface area contributed by atoms with E-state index in [1.807, 2.05) is 0 Å². The molecule has 4 atom stereocenters. The summed E-state index contributed by atoms with van der Waals surface area (Å²) in [6.45, 7) is 3.37. The Bertz CT molecular complexity index is 701. The molecule has 142 valence electrons. The first-order valence-corrected chi connectivity index (χ1v) is 8.92. The van der Waals surface area contributed by atoms with Crippen molar-refractivity contribution in [2.45, 2.75) is 34.4 Å². The molecule has 2 aromatic rings. The summed E-state index contributed by atoms with van der Waals surface area (Å²) < 4.78 is 60.3. The third kappa shape index (κ3) is 3.42. The molecule has 4 unspecified atom stereocenters. The van der Waals surface area contributed by atoms with Crippen LogP contribution >= 0.6 is 46.4 Å². The van der Waals surface area contributed by atoms with Crippen LogP contribution in [0.5, 0.6) is 0 Å². The van der Waals surface area contributed by atoms with Gasteiger partial charge in [0.15, 0.2) is 0 Å². The van der Waals surface area contributed by atoms with E-state index in [1.54, 1.807) is 13.8 Å². The van der Waals surface area contributed by atoms with Crippen molar-refractivity contribution < 1.29 is 17.6 Å². The van der Waals surface area contributed by atoms with Gasteiger partial charge < -0.3 is 0 Å².